The van der Waals surface area contributed by atoms with Gasteiger partial charge in [0, 0.05) is 5.56 Å². The van der Waals surface area contributed by atoms with Crippen molar-refractivity contribution < 1.29 is 14.3 Å². The number of hydrogen-bond acceptors (Lipinski definition) is 3. The highest BCUT2D eigenvalue weighted by atomic mass is 16.5. The molecular formula is C44H80O3. The molecule has 0 spiro atoms. The number of Topliss-reactive ketones (excluding diaryl/α,β-unsaturated/α-hetero) is 1. The molecule has 0 aromatic heterocycles. The summed E-state index contributed by atoms with van der Waals surface area (Å²) in [6.07, 6.45) is 43.9. The summed E-state index contributed by atoms with van der Waals surface area (Å²) in [6, 6.07) is 5.66. The molecule has 0 aliphatic carbocycles. The predicted molar refractivity (Wildman–Crippen MR) is 207 cm³/mol. The molecule has 0 bridgehead atoms. The zero-order valence-corrected chi connectivity index (χ0v) is 32.0. The molecule has 1 aromatic rings. The van der Waals surface area contributed by atoms with Gasteiger partial charge >= 0.3 is 0 Å². The van der Waals surface area contributed by atoms with Gasteiger partial charge < -0.3 is 9.47 Å². The fourth-order valence-electron chi connectivity index (χ4n) is 6.62. The molecule has 0 atom stereocenters. The van der Waals surface area contributed by atoms with Gasteiger partial charge in [-0.25, -0.2) is 0 Å². The molecule has 0 saturated carbocycles. The maximum absolute atomic E-state index is 12.0. The highest BCUT2D eigenvalue weighted by molar-refractivity contribution is 5.94. The number of carbonyl (C=O) groups is 1. The molecule has 1 aromatic carbocycles. The molecule has 1 rings (SSSR count). The molecule has 0 amide bonds. The van der Waals surface area contributed by atoms with E-state index in [9.17, 15) is 4.79 Å². The standard InChI is InChI=1S/C44H80O3/c1-4-6-8-10-12-14-16-18-20-22-24-26-28-30-32-34-38-46-43-37-36-42(41(3)45)40-44(43)47-39-35-33-31-29-27-25-23-21-19-17-15-13-11-9-7-5-2/h36-37,40H,4-35,38-39H2,1-3H3. The van der Waals surface area contributed by atoms with Crippen LogP contribution in [0.25, 0.3) is 0 Å². The Morgan fingerprint density at radius 1 is 0.404 bits per heavy atom. The Bertz CT molecular complexity index is 803. The molecular weight excluding hydrogens is 576 g/mol. The average molecular weight is 657 g/mol. The minimum Gasteiger partial charge on any atom is -0.490 e. The van der Waals surface area contributed by atoms with Gasteiger partial charge in [0.1, 0.15) is 0 Å². The minimum absolute atomic E-state index is 0.0709. The van der Waals surface area contributed by atoms with Crippen LogP contribution in [0.3, 0.4) is 0 Å². The van der Waals surface area contributed by atoms with Crippen molar-refractivity contribution in [1.82, 2.24) is 0 Å². The molecule has 47 heavy (non-hydrogen) atoms. The summed E-state index contributed by atoms with van der Waals surface area (Å²) >= 11 is 0. The first-order valence-corrected chi connectivity index (χ1v) is 21.1. The SMILES string of the molecule is CCCCCCCCCCCCCCCCCCOc1ccc(C(C)=O)cc1OCCCCCCCCCCCCCCCCCC. The Morgan fingerprint density at radius 2 is 0.681 bits per heavy atom. The van der Waals surface area contributed by atoms with Crippen molar-refractivity contribution in [1.29, 1.82) is 0 Å². The Morgan fingerprint density at radius 3 is 0.979 bits per heavy atom. The Hall–Kier alpha value is -1.51. The summed E-state index contributed by atoms with van der Waals surface area (Å²) in [6.45, 7) is 7.61. The first-order valence-electron chi connectivity index (χ1n) is 21.1. The summed E-state index contributed by atoms with van der Waals surface area (Å²) < 4.78 is 12.3. The Kier molecular flexibility index (Phi) is 31.8. The van der Waals surface area contributed by atoms with Crippen LogP contribution in [0, 0.1) is 0 Å². The molecule has 0 radical (unpaired) electrons. The second-order valence-corrected chi connectivity index (χ2v) is 14.5. The van der Waals surface area contributed by atoms with Crippen molar-refractivity contribution in [2.45, 2.75) is 226 Å². The first-order chi connectivity index (χ1) is 23.2. The third-order valence-corrected chi connectivity index (χ3v) is 9.86. The van der Waals surface area contributed by atoms with E-state index < -0.39 is 0 Å². The van der Waals surface area contributed by atoms with Gasteiger partial charge in [-0.15, -0.1) is 0 Å². The topological polar surface area (TPSA) is 35.5 Å². The van der Waals surface area contributed by atoms with E-state index in [1.165, 1.54) is 193 Å². The molecule has 0 N–H and O–H groups in total. The van der Waals surface area contributed by atoms with E-state index in [0.717, 1.165) is 24.3 Å². The van der Waals surface area contributed by atoms with Gasteiger partial charge in [-0.3, -0.25) is 4.79 Å². The summed E-state index contributed by atoms with van der Waals surface area (Å²) in [5.74, 6) is 1.59. The van der Waals surface area contributed by atoms with E-state index in [4.69, 9.17) is 9.47 Å². The van der Waals surface area contributed by atoms with Crippen LogP contribution in [0.5, 0.6) is 11.5 Å². The van der Waals surface area contributed by atoms with E-state index in [1.54, 1.807) is 6.92 Å². The second-order valence-electron chi connectivity index (χ2n) is 14.5. The number of hydrogen-bond donors (Lipinski definition) is 0. The largest absolute Gasteiger partial charge is 0.490 e. The van der Waals surface area contributed by atoms with Crippen molar-refractivity contribution in [2.75, 3.05) is 13.2 Å². The average Bonchev–Trinajstić information content (AvgIpc) is 3.07. The number of benzene rings is 1. The lowest BCUT2D eigenvalue weighted by Gasteiger charge is -2.14. The fraction of sp³-hybridized carbons (Fsp3) is 0.841. The molecule has 0 aliphatic heterocycles. The molecule has 0 aliphatic rings. The lowest BCUT2D eigenvalue weighted by atomic mass is 10.0. The quantitative estimate of drug-likeness (QED) is 0.0528. The van der Waals surface area contributed by atoms with Gasteiger partial charge in [-0.05, 0) is 38.0 Å². The predicted octanol–water partition coefficient (Wildman–Crippen LogP) is 15.2. The molecule has 0 fully saturated rings. The van der Waals surface area contributed by atoms with Crippen LogP contribution in [-0.2, 0) is 0 Å². The molecule has 3 heteroatoms. The normalized spacial score (nSPS) is 11.3. The fourth-order valence-corrected chi connectivity index (χ4v) is 6.62. The molecule has 0 saturated heterocycles. The van der Waals surface area contributed by atoms with Crippen molar-refractivity contribution in [3.8, 4) is 11.5 Å². The van der Waals surface area contributed by atoms with E-state index in [1.807, 2.05) is 18.2 Å². The van der Waals surface area contributed by atoms with Gasteiger partial charge in [0.15, 0.2) is 17.3 Å². The van der Waals surface area contributed by atoms with E-state index in [-0.39, 0.29) is 5.78 Å². The Balaban J connectivity index is 2.04. The van der Waals surface area contributed by atoms with Crippen LogP contribution in [0.1, 0.15) is 237 Å². The lowest BCUT2D eigenvalue weighted by molar-refractivity contribution is 0.101. The maximum atomic E-state index is 12.0. The van der Waals surface area contributed by atoms with Crippen molar-refractivity contribution >= 4 is 5.78 Å². The smallest absolute Gasteiger partial charge is 0.161 e. The number of unbranched alkanes of at least 4 members (excludes halogenated alkanes) is 30. The summed E-state index contributed by atoms with van der Waals surface area (Å²) in [5, 5.41) is 0. The number of ketones is 1. The van der Waals surface area contributed by atoms with Crippen LogP contribution in [-0.4, -0.2) is 19.0 Å². The lowest BCUT2D eigenvalue weighted by Crippen LogP contribution is -2.04. The maximum Gasteiger partial charge on any atom is 0.161 e. The third-order valence-electron chi connectivity index (χ3n) is 9.86. The molecule has 0 unspecified atom stereocenters. The first kappa shape index (κ1) is 43.5. The van der Waals surface area contributed by atoms with Crippen molar-refractivity contribution in [2.24, 2.45) is 0 Å². The van der Waals surface area contributed by atoms with Crippen molar-refractivity contribution in [3.05, 3.63) is 23.8 Å². The number of ether oxygens (including phenoxy) is 2. The van der Waals surface area contributed by atoms with Crippen LogP contribution in [0.15, 0.2) is 18.2 Å². The van der Waals surface area contributed by atoms with E-state index >= 15 is 0 Å². The summed E-state index contributed by atoms with van der Waals surface area (Å²) in [5.41, 5.74) is 0.696. The third kappa shape index (κ3) is 28.1. The van der Waals surface area contributed by atoms with Gasteiger partial charge in [0.05, 0.1) is 13.2 Å². The van der Waals surface area contributed by atoms with Crippen LogP contribution in [0.4, 0.5) is 0 Å². The van der Waals surface area contributed by atoms with Gasteiger partial charge in [0.25, 0.3) is 0 Å². The summed E-state index contributed by atoms with van der Waals surface area (Å²) in [4.78, 5) is 12.0. The van der Waals surface area contributed by atoms with Gasteiger partial charge in [-0.1, -0.05) is 206 Å². The summed E-state index contributed by atoms with van der Waals surface area (Å²) in [7, 11) is 0. The zero-order chi connectivity index (χ0) is 33.9. The molecule has 0 heterocycles. The van der Waals surface area contributed by atoms with Crippen LogP contribution < -0.4 is 9.47 Å². The van der Waals surface area contributed by atoms with Gasteiger partial charge in [-0.2, -0.15) is 0 Å². The zero-order valence-electron chi connectivity index (χ0n) is 32.0. The van der Waals surface area contributed by atoms with Crippen LogP contribution >= 0.6 is 0 Å². The number of carbonyl (C=O) groups excluding carboxylic acids is 1. The molecule has 3 nitrogen and oxygen atoms in total. The van der Waals surface area contributed by atoms with E-state index in [2.05, 4.69) is 13.8 Å². The Labute approximate surface area is 294 Å². The van der Waals surface area contributed by atoms with Crippen LogP contribution in [0.2, 0.25) is 0 Å². The van der Waals surface area contributed by atoms with Gasteiger partial charge in [0.2, 0.25) is 0 Å². The highest BCUT2D eigenvalue weighted by Gasteiger charge is 2.10. The van der Waals surface area contributed by atoms with Crippen molar-refractivity contribution in [3.63, 3.8) is 0 Å². The molecule has 274 valence electrons. The monoisotopic (exact) mass is 657 g/mol. The highest BCUT2D eigenvalue weighted by Crippen LogP contribution is 2.29. The minimum atomic E-state index is 0.0709. The van der Waals surface area contributed by atoms with E-state index in [0.29, 0.717) is 18.8 Å². The number of rotatable bonds is 37. The second kappa shape index (κ2) is 34.4.